The van der Waals surface area contributed by atoms with Crippen molar-refractivity contribution in [2.45, 2.75) is 44.8 Å². The van der Waals surface area contributed by atoms with Crippen molar-refractivity contribution in [1.29, 1.82) is 0 Å². The molecule has 1 saturated heterocycles. The highest BCUT2D eigenvalue weighted by Crippen LogP contribution is 2.18. The highest BCUT2D eigenvalue weighted by atomic mass is 35.5. The van der Waals surface area contributed by atoms with Gasteiger partial charge in [0, 0.05) is 18.8 Å². The van der Waals surface area contributed by atoms with E-state index in [-0.39, 0.29) is 37.3 Å². The standard InChI is InChI=1S/C17H27N3O2.2ClH/c1-13-5-7-14(8-6-13)20-16(2,3)15(21)19-12-17(22)9-4-10-18-11-17;;/h5-8,18,20,22H,4,9-12H2,1-3H3,(H,19,21);2*1H. The molecule has 0 radical (unpaired) electrons. The first-order valence-corrected chi connectivity index (χ1v) is 7.87. The highest BCUT2D eigenvalue weighted by Gasteiger charge is 2.33. The number of β-amino-alcohol motifs (C(OH)–C–C–N with tert-alkyl or cyclic N) is 1. The average molecular weight is 378 g/mol. The molecule has 138 valence electrons. The second-order valence-corrected chi connectivity index (χ2v) is 6.80. The zero-order chi connectivity index (χ0) is 16.2. The van der Waals surface area contributed by atoms with Crippen molar-refractivity contribution in [3.05, 3.63) is 29.8 Å². The van der Waals surface area contributed by atoms with Gasteiger partial charge in [0.25, 0.3) is 0 Å². The van der Waals surface area contributed by atoms with E-state index in [1.807, 2.05) is 45.0 Å². The molecule has 0 saturated carbocycles. The number of rotatable bonds is 5. The van der Waals surface area contributed by atoms with E-state index in [4.69, 9.17) is 0 Å². The van der Waals surface area contributed by atoms with Crippen LogP contribution in [0.5, 0.6) is 0 Å². The second-order valence-electron chi connectivity index (χ2n) is 6.80. The van der Waals surface area contributed by atoms with Crippen LogP contribution >= 0.6 is 24.8 Å². The van der Waals surface area contributed by atoms with Gasteiger partial charge >= 0.3 is 0 Å². The number of piperidine rings is 1. The maximum Gasteiger partial charge on any atom is 0.245 e. The quantitative estimate of drug-likeness (QED) is 0.634. The van der Waals surface area contributed by atoms with Crippen LogP contribution in [0.1, 0.15) is 32.3 Å². The van der Waals surface area contributed by atoms with E-state index < -0.39 is 11.1 Å². The fraction of sp³-hybridized carbons (Fsp3) is 0.588. The molecule has 7 heteroatoms. The maximum atomic E-state index is 12.4. The van der Waals surface area contributed by atoms with Gasteiger partial charge in [-0.1, -0.05) is 17.7 Å². The summed E-state index contributed by atoms with van der Waals surface area (Å²) in [5.41, 5.74) is 0.505. The molecular formula is C17H29Cl2N3O2. The molecule has 0 aliphatic carbocycles. The monoisotopic (exact) mass is 377 g/mol. The minimum atomic E-state index is -0.839. The third-order valence-corrected chi connectivity index (χ3v) is 4.10. The molecule has 1 amide bonds. The van der Waals surface area contributed by atoms with Crippen molar-refractivity contribution in [1.82, 2.24) is 10.6 Å². The highest BCUT2D eigenvalue weighted by molar-refractivity contribution is 5.88. The van der Waals surface area contributed by atoms with Crippen LogP contribution in [0.25, 0.3) is 0 Å². The van der Waals surface area contributed by atoms with Gasteiger partial charge in [-0.05, 0) is 52.3 Å². The number of hydrogen-bond donors (Lipinski definition) is 4. The van der Waals surface area contributed by atoms with E-state index in [0.29, 0.717) is 13.0 Å². The first-order chi connectivity index (χ1) is 10.3. The molecule has 1 aliphatic rings. The van der Waals surface area contributed by atoms with E-state index in [2.05, 4.69) is 16.0 Å². The largest absolute Gasteiger partial charge is 0.387 e. The smallest absolute Gasteiger partial charge is 0.245 e. The topological polar surface area (TPSA) is 73.4 Å². The van der Waals surface area contributed by atoms with Gasteiger partial charge in [0.2, 0.25) is 5.91 Å². The van der Waals surface area contributed by atoms with Crippen LogP contribution in [0.4, 0.5) is 5.69 Å². The number of anilines is 1. The molecule has 5 nitrogen and oxygen atoms in total. The third-order valence-electron chi connectivity index (χ3n) is 4.10. The number of benzene rings is 1. The van der Waals surface area contributed by atoms with Gasteiger partial charge in [-0.25, -0.2) is 0 Å². The van der Waals surface area contributed by atoms with Crippen molar-refractivity contribution in [2.75, 3.05) is 25.0 Å². The summed E-state index contributed by atoms with van der Waals surface area (Å²) >= 11 is 0. The fourth-order valence-corrected chi connectivity index (χ4v) is 2.62. The molecule has 0 bridgehead atoms. The molecule has 24 heavy (non-hydrogen) atoms. The molecule has 1 fully saturated rings. The Morgan fingerprint density at radius 1 is 1.29 bits per heavy atom. The predicted octanol–water partition coefficient (Wildman–Crippen LogP) is 2.26. The number of nitrogens with one attached hydrogen (secondary N) is 3. The summed E-state index contributed by atoms with van der Waals surface area (Å²) in [7, 11) is 0. The molecule has 1 unspecified atom stereocenters. The number of hydrogen-bond acceptors (Lipinski definition) is 4. The Morgan fingerprint density at radius 3 is 2.46 bits per heavy atom. The van der Waals surface area contributed by atoms with Gasteiger partial charge < -0.3 is 21.1 Å². The Balaban J connectivity index is 0.00000264. The minimum Gasteiger partial charge on any atom is -0.387 e. The molecule has 1 atom stereocenters. The van der Waals surface area contributed by atoms with Crippen molar-refractivity contribution in [2.24, 2.45) is 0 Å². The van der Waals surface area contributed by atoms with E-state index in [1.165, 1.54) is 5.56 Å². The molecule has 2 rings (SSSR count). The average Bonchev–Trinajstić information content (AvgIpc) is 2.48. The van der Waals surface area contributed by atoms with Crippen molar-refractivity contribution >= 4 is 36.4 Å². The summed E-state index contributed by atoms with van der Waals surface area (Å²) in [6, 6.07) is 7.94. The van der Waals surface area contributed by atoms with Crippen LogP contribution in [0.15, 0.2) is 24.3 Å². The van der Waals surface area contributed by atoms with E-state index >= 15 is 0 Å². The molecule has 0 spiro atoms. The third kappa shape index (κ3) is 6.48. The van der Waals surface area contributed by atoms with Gasteiger partial charge in [-0.2, -0.15) is 0 Å². The normalized spacial score (nSPS) is 20.3. The lowest BCUT2D eigenvalue weighted by molar-refractivity contribution is -0.126. The Bertz CT molecular complexity index is 515. The van der Waals surface area contributed by atoms with Crippen LogP contribution in [-0.4, -0.2) is 41.8 Å². The second kappa shape index (κ2) is 9.47. The molecule has 1 aromatic rings. The summed E-state index contributed by atoms with van der Waals surface area (Å²) in [5, 5.41) is 19.7. The Labute approximate surface area is 156 Å². The van der Waals surface area contributed by atoms with Crippen LogP contribution in [-0.2, 0) is 4.79 Å². The van der Waals surface area contributed by atoms with Crippen molar-refractivity contribution in [3.8, 4) is 0 Å². The number of amides is 1. The van der Waals surface area contributed by atoms with Gasteiger partial charge in [0.05, 0.1) is 5.60 Å². The summed E-state index contributed by atoms with van der Waals surface area (Å²) in [5.74, 6) is -0.118. The zero-order valence-electron chi connectivity index (χ0n) is 14.5. The van der Waals surface area contributed by atoms with E-state index in [0.717, 1.165) is 18.7 Å². The Morgan fingerprint density at radius 2 is 1.92 bits per heavy atom. The van der Waals surface area contributed by atoms with Crippen LogP contribution in [0, 0.1) is 6.92 Å². The van der Waals surface area contributed by atoms with Crippen LogP contribution in [0.2, 0.25) is 0 Å². The first-order valence-electron chi connectivity index (χ1n) is 7.87. The van der Waals surface area contributed by atoms with Gasteiger partial charge in [-0.15, -0.1) is 24.8 Å². The summed E-state index contributed by atoms with van der Waals surface area (Å²) in [6.07, 6.45) is 1.64. The van der Waals surface area contributed by atoms with Crippen LogP contribution in [0.3, 0.4) is 0 Å². The molecular weight excluding hydrogens is 349 g/mol. The number of aryl methyl sites for hydroxylation is 1. The number of aliphatic hydroxyl groups is 1. The van der Waals surface area contributed by atoms with Crippen molar-refractivity contribution in [3.63, 3.8) is 0 Å². The van der Waals surface area contributed by atoms with Crippen LogP contribution < -0.4 is 16.0 Å². The molecule has 1 aromatic carbocycles. The summed E-state index contributed by atoms with van der Waals surface area (Å²) < 4.78 is 0. The SMILES string of the molecule is Cc1ccc(NC(C)(C)C(=O)NCC2(O)CCCNC2)cc1.Cl.Cl. The lowest BCUT2D eigenvalue weighted by Crippen LogP contribution is -2.56. The number of carbonyl (C=O) groups is 1. The van der Waals surface area contributed by atoms with Crippen molar-refractivity contribution < 1.29 is 9.90 Å². The summed E-state index contributed by atoms with van der Waals surface area (Å²) in [6.45, 7) is 7.44. The van der Waals surface area contributed by atoms with Gasteiger partial charge in [0.15, 0.2) is 0 Å². The number of halogens is 2. The molecule has 0 aromatic heterocycles. The number of carbonyl (C=O) groups excluding carboxylic acids is 1. The molecule has 1 aliphatic heterocycles. The maximum absolute atomic E-state index is 12.4. The Kier molecular flexibility index (Phi) is 9.07. The fourth-order valence-electron chi connectivity index (χ4n) is 2.62. The predicted molar refractivity (Wildman–Crippen MR) is 103 cm³/mol. The zero-order valence-corrected chi connectivity index (χ0v) is 16.1. The summed E-state index contributed by atoms with van der Waals surface area (Å²) in [4.78, 5) is 12.4. The minimum absolute atomic E-state index is 0. The van der Waals surface area contributed by atoms with Gasteiger partial charge in [-0.3, -0.25) is 4.79 Å². The van der Waals surface area contributed by atoms with Gasteiger partial charge in [0.1, 0.15) is 5.54 Å². The lowest BCUT2D eigenvalue weighted by atomic mass is 9.93. The van der Waals surface area contributed by atoms with E-state index in [9.17, 15) is 9.90 Å². The molecule has 4 N–H and O–H groups in total. The van der Waals surface area contributed by atoms with E-state index in [1.54, 1.807) is 0 Å². The first kappa shape index (κ1) is 23.0. The lowest BCUT2D eigenvalue weighted by Gasteiger charge is -2.34. The Hall–Kier alpha value is -1.01. The molecule has 1 heterocycles.